The molecule has 82 valence electrons. The maximum absolute atomic E-state index is 13.9. The van der Waals surface area contributed by atoms with E-state index in [1.807, 2.05) is 9.80 Å². The Kier molecular flexibility index (Phi) is 3.69. The summed E-state index contributed by atoms with van der Waals surface area (Å²) in [5.74, 6) is 0. The Morgan fingerprint density at radius 3 is 1.50 bits per heavy atom. The summed E-state index contributed by atoms with van der Waals surface area (Å²) in [5.41, 5.74) is 0. The summed E-state index contributed by atoms with van der Waals surface area (Å²) in [4.78, 5) is 3.66. The highest BCUT2D eigenvalue weighted by molar-refractivity contribution is 4.70. The van der Waals surface area contributed by atoms with Gasteiger partial charge in [-0.3, -0.25) is 9.80 Å². The number of morpholine rings is 2. The van der Waals surface area contributed by atoms with Crippen molar-refractivity contribution in [3.05, 3.63) is 0 Å². The zero-order chi connectivity index (χ0) is 9.80. The molecule has 2 rings (SSSR count). The second kappa shape index (κ2) is 5.02. The van der Waals surface area contributed by atoms with Gasteiger partial charge in [0.2, 0.25) is 6.42 Å². The van der Waals surface area contributed by atoms with Gasteiger partial charge in [-0.2, -0.15) is 0 Å². The highest BCUT2D eigenvalue weighted by Gasteiger charge is 2.27. The fourth-order valence-corrected chi connectivity index (χ4v) is 1.81. The third-order valence-electron chi connectivity index (χ3n) is 2.69. The Bertz CT molecular complexity index is 152. The molecule has 2 aliphatic rings. The molecule has 2 aliphatic heterocycles. The molecule has 0 saturated carbocycles. The van der Waals surface area contributed by atoms with Crippen molar-refractivity contribution in [1.82, 2.24) is 9.80 Å². The SMILES string of the molecule is FC(N1CCOCC1)N1CCOCC1. The number of alkyl halides is 1. The molecule has 0 aromatic carbocycles. The largest absolute Gasteiger partial charge is 0.379 e. The first kappa shape index (κ1) is 10.3. The Morgan fingerprint density at radius 2 is 1.14 bits per heavy atom. The van der Waals surface area contributed by atoms with Gasteiger partial charge in [0, 0.05) is 26.2 Å². The summed E-state index contributed by atoms with van der Waals surface area (Å²) in [6, 6.07) is 0. The molecule has 5 heteroatoms. The topological polar surface area (TPSA) is 24.9 Å². The summed E-state index contributed by atoms with van der Waals surface area (Å²) in [6.07, 6.45) is -0.956. The maximum atomic E-state index is 13.9. The van der Waals surface area contributed by atoms with Gasteiger partial charge in [-0.1, -0.05) is 0 Å². The summed E-state index contributed by atoms with van der Waals surface area (Å²) < 4.78 is 24.3. The van der Waals surface area contributed by atoms with Crippen LogP contribution in [0.4, 0.5) is 4.39 Å². The second-order valence-corrected chi connectivity index (χ2v) is 3.61. The van der Waals surface area contributed by atoms with Gasteiger partial charge < -0.3 is 9.47 Å². The van der Waals surface area contributed by atoms with Crippen LogP contribution in [0.1, 0.15) is 0 Å². The first-order valence-corrected chi connectivity index (χ1v) is 5.15. The van der Waals surface area contributed by atoms with Crippen LogP contribution in [0, 0.1) is 0 Å². The molecule has 0 spiro atoms. The molecule has 14 heavy (non-hydrogen) atoms. The number of hydrogen-bond acceptors (Lipinski definition) is 4. The molecule has 0 radical (unpaired) electrons. The fraction of sp³-hybridized carbons (Fsp3) is 1.00. The predicted octanol–water partition coefficient (Wildman–Crippen LogP) is -0.0961. The molecular formula is C9H17FN2O2. The van der Waals surface area contributed by atoms with Gasteiger partial charge in [0.15, 0.2) is 0 Å². The van der Waals surface area contributed by atoms with Crippen LogP contribution in [0.2, 0.25) is 0 Å². The number of halogens is 1. The average molecular weight is 204 g/mol. The molecule has 0 N–H and O–H groups in total. The van der Waals surface area contributed by atoms with Crippen LogP contribution in [-0.4, -0.2) is 68.8 Å². The smallest absolute Gasteiger partial charge is 0.210 e. The summed E-state index contributed by atoms with van der Waals surface area (Å²) in [5, 5.41) is 0. The Balaban J connectivity index is 1.82. The molecular weight excluding hydrogens is 187 g/mol. The number of hydrogen-bond donors (Lipinski definition) is 0. The molecule has 2 saturated heterocycles. The van der Waals surface area contributed by atoms with Crippen LogP contribution in [0.15, 0.2) is 0 Å². The third-order valence-corrected chi connectivity index (χ3v) is 2.69. The highest BCUT2D eigenvalue weighted by Crippen LogP contribution is 2.11. The van der Waals surface area contributed by atoms with Crippen molar-refractivity contribution in [3.63, 3.8) is 0 Å². The highest BCUT2D eigenvalue weighted by atomic mass is 19.1. The van der Waals surface area contributed by atoms with E-state index >= 15 is 0 Å². The van der Waals surface area contributed by atoms with Crippen LogP contribution < -0.4 is 0 Å². The van der Waals surface area contributed by atoms with Crippen LogP contribution in [-0.2, 0) is 9.47 Å². The van der Waals surface area contributed by atoms with E-state index in [2.05, 4.69) is 0 Å². The predicted molar refractivity (Wildman–Crippen MR) is 49.7 cm³/mol. The number of nitrogens with zero attached hydrogens (tertiary/aromatic N) is 2. The number of ether oxygens (including phenoxy) is 2. The molecule has 2 fully saturated rings. The molecule has 2 heterocycles. The standard InChI is InChI=1S/C9H17FN2O2/c10-9(11-1-5-13-6-2-11)12-3-7-14-8-4-12/h9H,1-8H2. The third kappa shape index (κ3) is 2.42. The van der Waals surface area contributed by atoms with Crippen molar-refractivity contribution in [2.45, 2.75) is 6.42 Å². The van der Waals surface area contributed by atoms with E-state index in [1.54, 1.807) is 0 Å². The first-order valence-electron chi connectivity index (χ1n) is 5.15. The van der Waals surface area contributed by atoms with Crippen LogP contribution in [0.25, 0.3) is 0 Å². The van der Waals surface area contributed by atoms with Crippen LogP contribution >= 0.6 is 0 Å². The normalized spacial score (nSPS) is 27.0. The van der Waals surface area contributed by atoms with Crippen molar-refractivity contribution >= 4 is 0 Å². The quantitative estimate of drug-likeness (QED) is 0.587. The monoisotopic (exact) mass is 204 g/mol. The van der Waals surface area contributed by atoms with E-state index in [-0.39, 0.29) is 0 Å². The zero-order valence-corrected chi connectivity index (χ0v) is 8.32. The van der Waals surface area contributed by atoms with Gasteiger partial charge in [-0.05, 0) is 0 Å². The Morgan fingerprint density at radius 1 is 0.786 bits per heavy atom. The summed E-state index contributed by atoms with van der Waals surface area (Å²) in [7, 11) is 0. The lowest BCUT2D eigenvalue weighted by Crippen LogP contribution is -2.53. The Labute approximate surface area is 83.6 Å². The van der Waals surface area contributed by atoms with Crippen molar-refractivity contribution in [3.8, 4) is 0 Å². The molecule has 0 aromatic heterocycles. The molecule has 0 atom stereocenters. The lowest BCUT2D eigenvalue weighted by atomic mass is 10.4. The summed E-state index contributed by atoms with van der Waals surface area (Å²) in [6.45, 7) is 5.35. The minimum atomic E-state index is -0.956. The zero-order valence-electron chi connectivity index (χ0n) is 8.32. The Hall–Kier alpha value is -0.230. The van der Waals surface area contributed by atoms with Gasteiger partial charge >= 0.3 is 0 Å². The van der Waals surface area contributed by atoms with Gasteiger partial charge in [0.25, 0.3) is 0 Å². The van der Waals surface area contributed by atoms with Crippen molar-refractivity contribution in [2.75, 3.05) is 52.6 Å². The molecule has 0 amide bonds. The molecule has 0 unspecified atom stereocenters. The van der Waals surface area contributed by atoms with Gasteiger partial charge in [0.1, 0.15) is 0 Å². The van der Waals surface area contributed by atoms with E-state index in [0.717, 1.165) is 0 Å². The fourth-order valence-electron chi connectivity index (χ4n) is 1.81. The molecule has 0 aliphatic carbocycles. The van der Waals surface area contributed by atoms with E-state index < -0.39 is 6.42 Å². The molecule has 4 nitrogen and oxygen atoms in total. The van der Waals surface area contributed by atoms with Crippen LogP contribution in [0.3, 0.4) is 0 Å². The van der Waals surface area contributed by atoms with Gasteiger partial charge in [-0.15, -0.1) is 0 Å². The lowest BCUT2D eigenvalue weighted by Gasteiger charge is -2.37. The van der Waals surface area contributed by atoms with Crippen molar-refractivity contribution in [1.29, 1.82) is 0 Å². The van der Waals surface area contributed by atoms with E-state index in [9.17, 15) is 4.39 Å². The molecule has 0 bridgehead atoms. The van der Waals surface area contributed by atoms with Gasteiger partial charge in [0.05, 0.1) is 26.4 Å². The van der Waals surface area contributed by atoms with Crippen molar-refractivity contribution < 1.29 is 13.9 Å². The molecule has 0 aromatic rings. The van der Waals surface area contributed by atoms with Crippen LogP contribution in [0.5, 0.6) is 0 Å². The minimum absolute atomic E-state index is 0.644. The maximum Gasteiger partial charge on any atom is 0.210 e. The second-order valence-electron chi connectivity index (χ2n) is 3.61. The van der Waals surface area contributed by atoms with E-state index in [0.29, 0.717) is 52.6 Å². The average Bonchev–Trinajstić information content (AvgIpc) is 2.30. The van der Waals surface area contributed by atoms with E-state index in [1.165, 1.54) is 0 Å². The van der Waals surface area contributed by atoms with E-state index in [4.69, 9.17) is 9.47 Å². The minimum Gasteiger partial charge on any atom is -0.379 e. The van der Waals surface area contributed by atoms with Gasteiger partial charge in [-0.25, -0.2) is 4.39 Å². The van der Waals surface area contributed by atoms with Crippen molar-refractivity contribution in [2.24, 2.45) is 0 Å². The summed E-state index contributed by atoms with van der Waals surface area (Å²) >= 11 is 0. The number of rotatable bonds is 2. The lowest BCUT2D eigenvalue weighted by molar-refractivity contribution is -0.119. The first-order chi connectivity index (χ1) is 6.88.